The summed E-state index contributed by atoms with van der Waals surface area (Å²) in [6, 6.07) is 25.6. The summed E-state index contributed by atoms with van der Waals surface area (Å²) >= 11 is 0. The van der Waals surface area contributed by atoms with E-state index in [1.54, 1.807) is 30.3 Å². The monoisotopic (exact) mass is 399 g/mol. The standard InChI is InChI=1S/C25H21NO4/c1-18-12-14-20(15-13-18)22-16-25(30-26-22,23(27)21-10-6-3-7-11-21)24(28)29-17-19-8-4-2-5-9-19/h2-15H,16-17H2,1H3. The summed E-state index contributed by atoms with van der Waals surface area (Å²) in [7, 11) is 0. The topological polar surface area (TPSA) is 65.0 Å². The first-order valence-electron chi connectivity index (χ1n) is 9.71. The number of nitrogens with zero attached hydrogens (tertiary/aromatic N) is 1. The van der Waals surface area contributed by atoms with E-state index in [-0.39, 0.29) is 13.0 Å². The molecule has 0 amide bonds. The van der Waals surface area contributed by atoms with Crippen LogP contribution in [0.4, 0.5) is 0 Å². The van der Waals surface area contributed by atoms with E-state index in [9.17, 15) is 9.59 Å². The third kappa shape index (κ3) is 3.87. The molecule has 150 valence electrons. The van der Waals surface area contributed by atoms with Gasteiger partial charge >= 0.3 is 11.6 Å². The van der Waals surface area contributed by atoms with Crippen molar-refractivity contribution in [3.05, 3.63) is 107 Å². The third-order valence-corrected chi connectivity index (χ3v) is 5.06. The number of rotatable bonds is 6. The zero-order valence-electron chi connectivity index (χ0n) is 16.6. The second-order valence-corrected chi connectivity index (χ2v) is 7.26. The first-order valence-corrected chi connectivity index (χ1v) is 9.71. The molecule has 0 N–H and O–H groups in total. The highest BCUT2D eigenvalue weighted by molar-refractivity contribution is 6.20. The SMILES string of the molecule is Cc1ccc(C2=NOC(C(=O)OCc3ccccc3)(C(=O)c3ccccc3)C2)cc1. The molecule has 3 aromatic rings. The van der Waals surface area contributed by atoms with Gasteiger partial charge in [-0.2, -0.15) is 0 Å². The predicted molar refractivity (Wildman–Crippen MR) is 113 cm³/mol. The number of Topliss-reactive ketones (excluding diaryl/α,β-unsaturated/α-hetero) is 1. The van der Waals surface area contributed by atoms with Crippen LogP contribution in [-0.2, 0) is 21.0 Å². The van der Waals surface area contributed by atoms with Crippen LogP contribution < -0.4 is 0 Å². The van der Waals surface area contributed by atoms with Crippen molar-refractivity contribution in [3.8, 4) is 0 Å². The van der Waals surface area contributed by atoms with Gasteiger partial charge in [0.15, 0.2) is 0 Å². The second kappa shape index (κ2) is 8.33. The van der Waals surface area contributed by atoms with Gasteiger partial charge in [0.2, 0.25) is 5.78 Å². The van der Waals surface area contributed by atoms with Crippen molar-refractivity contribution in [1.82, 2.24) is 0 Å². The molecule has 0 spiro atoms. The Bertz CT molecular complexity index is 1080. The molecule has 1 unspecified atom stereocenters. The lowest BCUT2D eigenvalue weighted by Gasteiger charge is -2.23. The minimum Gasteiger partial charge on any atom is -0.457 e. The summed E-state index contributed by atoms with van der Waals surface area (Å²) in [5, 5.41) is 4.11. The van der Waals surface area contributed by atoms with E-state index in [0.29, 0.717) is 11.3 Å². The van der Waals surface area contributed by atoms with E-state index in [4.69, 9.17) is 9.57 Å². The van der Waals surface area contributed by atoms with Crippen LogP contribution in [0.3, 0.4) is 0 Å². The van der Waals surface area contributed by atoms with Crippen LogP contribution in [0.1, 0.15) is 33.5 Å². The predicted octanol–water partition coefficient (Wildman–Crippen LogP) is 4.48. The Hall–Kier alpha value is -3.73. The number of ketones is 1. The van der Waals surface area contributed by atoms with E-state index < -0.39 is 17.4 Å². The number of ether oxygens (including phenoxy) is 1. The third-order valence-electron chi connectivity index (χ3n) is 5.06. The number of esters is 1. The lowest BCUT2D eigenvalue weighted by Crippen LogP contribution is -2.48. The number of hydrogen-bond acceptors (Lipinski definition) is 5. The minimum atomic E-state index is -1.84. The van der Waals surface area contributed by atoms with Crippen LogP contribution in [0.5, 0.6) is 0 Å². The van der Waals surface area contributed by atoms with Gasteiger partial charge in [0, 0.05) is 5.56 Å². The van der Waals surface area contributed by atoms with Gasteiger partial charge in [0.25, 0.3) is 0 Å². The molecular weight excluding hydrogens is 378 g/mol. The van der Waals surface area contributed by atoms with Crippen LogP contribution in [-0.4, -0.2) is 23.1 Å². The van der Waals surface area contributed by atoms with Gasteiger partial charge in [-0.05, 0) is 18.1 Å². The normalized spacial score (nSPS) is 17.7. The van der Waals surface area contributed by atoms with Gasteiger partial charge in [-0.3, -0.25) is 4.79 Å². The first-order chi connectivity index (χ1) is 14.6. The number of aryl methyl sites for hydroxylation is 1. The molecule has 1 heterocycles. The van der Waals surface area contributed by atoms with E-state index in [1.807, 2.05) is 61.5 Å². The van der Waals surface area contributed by atoms with E-state index >= 15 is 0 Å². The van der Waals surface area contributed by atoms with Gasteiger partial charge in [-0.1, -0.05) is 95.6 Å². The minimum absolute atomic E-state index is 0.0113. The second-order valence-electron chi connectivity index (χ2n) is 7.26. The van der Waals surface area contributed by atoms with E-state index in [1.165, 1.54) is 0 Å². The van der Waals surface area contributed by atoms with Crippen molar-refractivity contribution in [2.45, 2.75) is 25.6 Å². The van der Waals surface area contributed by atoms with Crippen LogP contribution in [0, 0.1) is 6.92 Å². The molecule has 1 atom stereocenters. The summed E-state index contributed by atoms with van der Waals surface area (Å²) in [5.74, 6) is -1.21. The Morgan fingerprint density at radius 2 is 1.57 bits per heavy atom. The fourth-order valence-corrected chi connectivity index (χ4v) is 3.32. The van der Waals surface area contributed by atoms with Crippen molar-refractivity contribution >= 4 is 17.5 Å². The molecule has 5 heteroatoms. The van der Waals surface area contributed by atoms with Gasteiger partial charge in [-0.15, -0.1) is 0 Å². The molecule has 0 bridgehead atoms. The molecule has 4 rings (SSSR count). The zero-order valence-corrected chi connectivity index (χ0v) is 16.6. The summed E-state index contributed by atoms with van der Waals surface area (Å²) in [6.45, 7) is 2.04. The molecular formula is C25H21NO4. The van der Waals surface area contributed by atoms with Gasteiger partial charge in [0.05, 0.1) is 12.1 Å². The van der Waals surface area contributed by atoms with Crippen LogP contribution in [0.25, 0.3) is 0 Å². The molecule has 1 aliphatic rings. The number of carbonyl (C=O) groups excluding carboxylic acids is 2. The number of hydrogen-bond donors (Lipinski definition) is 0. The van der Waals surface area contributed by atoms with Crippen LogP contribution in [0.2, 0.25) is 0 Å². The zero-order chi connectivity index (χ0) is 21.0. The van der Waals surface area contributed by atoms with Gasteiger partial charge in [0.1, 0.15) is 6.61 Å². The van der Waals surface area contributed by atoms with Crippen LogP contribution in [0.15, 0.2) is 90.1 Å². The molecule has 30 heavy (non-hydrogen) atoms. The Morgan fingerprint density at radius 3 is 2.23 bits per heavy atom. The number of oxime groups is 1. The molecule has 1 aliphatic heterocycles. The largest absolute Gasteiger partial charge is 0.457 e. The molecule has 0 saturated heterocycles. The van der Waals surface area contributed by atoms with Crippen molar-refractivity contribution < 1.29 is 19.2 Å². The maximum Gasteiger partial charge on any atom is 0.362 e. The van der Waals surface area contributed by atoms with Crippen molar-refractivity contribution in [1.29, 1.82) is 0 Å². The molecule has 0 radical (unpaired) electrons. The highest BCUT2D eigenvalue weighted by Gasteiger charge is 2.55. The highest BCUT2D eigenvalue weighted by Crippen LogP contribution is 2.32. The molecule has 0 fully saturated rings. The summed E-state index contributed by atoms with van der Waals surface area (Å²) < 4.78 is 5.50. The Kier molecular flexibility index (Phi) is 5.44. The van der Waals surface area contributed by atoms with Crippen molar-refractivity contribution in [2.75, 3.05) is 0 Å². The molecule has 0 aliphatic carbocycles. The maximum atomic E-state index is 13.4. The number of benzene rings is 3. The van der Waals surface area contributed by atoms with Gasteiger partial charge < -0.3 is 9.57 Å². The maximum absolute atomic E-state index is 13.4. The average molecular weight is 399 g/mol. The summed E-state index contributed by atoms with van der Waals surface area (Å²) in [5.41, 5.74) is 1.80. The lowest BCUT2D eigenvalue weighted by atomic mass is 9.86. The Morgan fingerprint density at radius 1 is 0.933 bits per heavy atom. The summed E-state index contributed by atoms with van der Waals surface area (Å²) in [6.07, 6.45) is 0.0113. The Balaban J connectivity index is 1.61. The van der Waals surface area contributed by atoms with E-state index in [0.717, 1.165) is 16.7 Å². The van der Waals surface area contributed by atoms with Gasteiger partial charge in [-0.25, -0.2) is 4.79 Å². The Labute approximate surface area is 174 Å². The fourth-order valence-electron chi connectivity index (χ4n) is 3.32. The molecule has 0 saturated carbocycles. The van der Waals surface area contributed by atoms with E-state index in [2.05, 4.69) is 5.16 Å². The first kappa shape index (κ1) is 19.6. The summed E-state index contributed by atoms with van der Waals surface area (Å²) in [4.78, 5) is 32.1. The molecule has 3 aromatic carbocycles. The smallest absolute Gasteiger partial charge is 0.362 e. The highest BCUT2D eigenvalue weighted by atomic mass is 16.7. The van der Waals surface area contributed by atoms with Crippen LogP contribution >= 0.6 is 0 Å². The lowest BCUT2D eigenvalue weighted by molar-refractivity contribution is -0.164. The van der Waals surface area contributed by atoms with Crippen molar-refractivity contribution in [2.24, 2.45) is 5.16 Å². The quantitative estimate of drug-likeness (QED) is 0.348. The molecule has 0 aromatic heterocycles. The molecule has 5 nitrogen and oxygen atoms in total. The van der Waals surface area contributed by atoms with Crippen molar-refractivity contribution in [3.63, 3.8) is 0 Å². The number of carbonyl (C=O) groups is 2. The average Bonchev–Trinajstić information content (AvgIpc) is 3.25. The fraction of sp³-hybridized carbons (Fsp3) is 0.160.